The molecule has 0 radical (unpaired) electrons. The van der Waals surface area contributed by atoms with E-state index in [1.807, 2.05) is 0 Å². The van der Waals surface area contributed by atoms with Crippen molar-refractivity contribution >= 4 is 22.7 Å². The van der Waals surface area contributed by atoms with Gasteiger partial charge in [-0.3, -0.25) is 14.3 Å². The Hall–Kier alpha value is -4.25. The zero-order valence-electron chi connectivity index (χ0n) is 16.2. The number of carboxylic acid groups (broad SMARTS) is 1. The third-order valence-electron chi connectivity index (χ3n) is 4.68. The van der Waals surface area contributed by atoms with Gasteiger partial charge in [0, 0.05) is 18.0 Å². The van der Waals surface area contributed by atoms with Gasteiger partial charge < -0.3 is 25.2 Å². The van der Waals surface area contributed by atoms with Gasteiger partial charge in [-0.15, -0.1) is 0 Å². The van der Waals surface area contributed by atoms with Crippen molar-refractivity contribution in [3.05, 3.63) is 54.1 Å². The van der Waals surface area contributed by atoms with Gasteiger partial charge in [0.1, 0.15) is 11.4 Å². The molecule has 0 saturated carbocycles. The number of ketones is 1. The van der Waals surface area contributed by atoms with Crippen molar-refractivity contribution in [1.82, 2.24) is 19.9 Å². The third kappa shape index (κ3) is 3.57. The van der Waals surface area contributed by atoms with Gasteiger partial charge in [0.2, 0.25) is 11.4 Å². The van der Waals surface area contributed by atoms with Crippen LogP contribution < -0.4 is 10.5 Å². The normalized spacial score (nSPS) is 12.1. The summed E-state index contributed by atoms with van der Waals surface area (Å²) < 4.78 is 12.1. The lowest BCUT2D eigenvalue weighted by Gasteiger charge is -2.11. The lowest BCUT2D eigenvalue weighted by molar-refractivity contribution is -0.137. The van der Waals surface area contributed by atoms with Crippen LogP contribution in [0.15, 0.2) is 47.2 Å². The first-order valence-corrected chi connectivity index (χ1v) is 9.06. The molecular formula is C20H17N5O6. The number of aromatic nitrogens is 4. The molecule has 0 aliphatic carbocycles. The van der Waals surface area contributed by atoms with E-state index in [0.29, 0.717) is 28.1 Å². The number of nitrogens with two attached hydrogens (primary N) is 1. The number of aromatic hydroxyl groups is 1. The van der Waals surface area contributed by atoms with Crippen LogP contribution in [-0.4, -0.2) is 55.0 Å². The van der Waals surface area contributed by atoms with Crippen molar-refractivity contribution in [1.29, 1.82) is 0 Å². The van der Waals surface area contributed by atoms with Gasteiger partial charge in [-0.1, -0.05) is 5.16 Å². The monoisotopic (exact) mass is 423 g/mol. The first kappa shape index (κ1) is 20.0. The van der Waals surface area contributed by atoms with Gasteiger partial charge in [0.25, 0.3) is 0 Å². The molecule has 11 nitrogen and oxygen atoms in total. The van der Waals surface area contributed by atoms with Crippen LogP contribution in [0.1, 0.15) is 16.2 Å². The van der Waals surface area contributed by atoms with Crippen molar-refractivity contribution in [3.8, 4) is 22.8 Å². The number of methoxy groups -OCH3 is 1. The van der Waals surface area contributed by atoms with Gasteiger partial charge in [0.15, 0.2) is 17.5 Å². The van der Waals surface area contributed by atoms with Crippen molar-refractivity contribution in [2.24, 2.45) is 5.73 Å². The molecule has 4 rings (SSSR count). The largest absolute Gasteiger partial charge is 0.503 e. The number of fused-ring (bicyclic) bond motifs is 1. The summed E-state index contributed by atoms with van der Waals surface area (Å²) in [5.41, 5.74) is 6.15. The van der Waals surface area contributed by atoms with E-state index in [-0.39, 0.29) is 12.1 Å². The summed E-state index contributed by atoms with van der Waals surface area (Å²) in [5.74, 6) is -2.59. The van der Waals surface area contributed by atoms with Crippen LogP contribution in [0.4, 0.5) is 0 Å². The minimum Gasteiger partial charge on any atom is -0.503 e. The summed E-state index contributed by atoms with van der Waals surface area (Å²) in [6.45, 7) is 0.108. The quantitative estimate of drug-likeness (QED) is 0.292. The van der Waals surface area contributed by atoms with Crippen LogP contribution in [0.2, 0.25) is 0 Å². The second-order valence-corrected chi connectivity index (χ2v) is 6.60. The smallest absolute Gasteiger partial charge is 0.328 e. The number of hydrogen-bond acceptors (Lipinski definition) is 9. The summed E-state index contributed by atoms with van der Waals surface area (Å²) in [5, 5.41) is 28.2. The Balaban J connectivity index is 1.93. The molecule has 3 aromatic heterocycles. The van der Waals surface area contributed by atoms with Crippen molar-refractivity contribution in [3.63, 3.8) is 0 Å². The maximum absolute atomic E-state index is 12.5. The second kappa shape index (κ2) is 7.88. The average molecular weight is 423 g/mol. The predicted octanol–water partition coefficient (Wildman–Crippen LogP) is 1.44. The van der Waals surface area contributed by atoms with E-state index in [2.05, 4.69) is 15.2 Å². The van der Waals surface area contributed by atoms with Crippen molar-refractivity contribution < 1.29 is 29.1 Å². The van der Waals surface area contributed by atoms with Crippen LogP contribution >= 0.6 is 0 Å². The maximum atomic E-state index is 12.5. The van der Waals surface area contributed by atoms with Crippen LogP contribution in [0, 0.1) is 0 Å². The summed E-state index contributed by atoms with van der Waals surface area (Å²) in [4.78, 5) is 27.9. The number of Topliss-reactive ketones (excluding diaryl/α,β-unsaturated/α-hetero) is 1. The minimum atomic E-state index is -1.89. The molecule has 11 heteroatoms. The second-order valence-electron chi connectivity index (χ2n) is 6.60. The SMILES string of the molecule is COc1ccc(-c2noc3c(O)c(C(=O)C(N)C(=O)O)nc(Cn4cccn4)c23)cc1. The lowest BCUT2D eigenvalue weighted by Crippen LogP contribution is -2.39. The Morgan fingerprint density at radius 1 is 1.29 bits per heavy atom. The Kier molecular flexibility index (Phi) is 5.09. The molecule has 0 fully saturated rings. The zero-order valence-corrected chi connectivity index (χ0v) is 16.2. The van der Waals surface area contributed by atoms with Gasteiger partial charge in [-0.25, -0.2) is 4.98 Å². The summed E-state index contributed by atoms with van der Waals surface area (Å²) in [6, 6.07) is 6.80. The van der Waals surface area contributed by atoms with E-state index in [9.17, 15) is 14.7 Å². The van der Waals surface area contributed by atoms with E-state index in [1.54, 1.807) is 54.5 Å². The number of rotatable bonds is 7. The standard InChI is InChI=1S/C20H17N5O6/c1-30-11-5-3-10(4-6-11)15-13-12(9-25-8-2-7-22-25)23-16(17(26)14(21)20(28)29)18(27)19(13)31-24-15/h2-8,14,27H,9,21H2,1H3,(H,28,29). The van der Waals surface area contributed by atoms with Gasteiger partial charge >= 0.3 is 5.97 Å². The fourth-order valence-electron chi connectivity index (χ4n) is 3.11. The fraction of sp³-hybridized carbons (Fsp3) is 0.150. The molecule has 0 spiro atoms. The van der Waals surface area contributed by atoms with Gasteiger partial charge in [-0.2, -0.15) is 5.10 Å². The number of nitrogens with zero attached hydrogens (tertiary/aromatic N) is 4. The number of benzene rings is 1. The summed E-state index contributed by atoms with van der Waals surface area (Å²) in [7, 11) is 1.55. The molecule has 4 N–H and O–H groups in total. The number of hydrogen-bond donors (Lipinski definition) is 3. The topological polar surface area (TPSA) is 167 Å². The highest BCUT2D eigenvalue weighted by Gasteiger charge is 2.31. The molecule has 0 aliphatic heterocycles. The highest BCUT2D eigenvalue weighted by molar-refractivity contribution is 6.14. The van der Waals surface area contributed by atoms with Crippen LogP contribution in [-0.2, 0) is 11.3 Å². The Morgan fingerprint density at radius 3 is 2.65 bits per heavy atom. The number of carbonyl (C=O) groups is 2. The molecule has 0 amide bonds. The first-order valence-electron chi connectivity index (χ1n) is 9.06. The van der Waals surface area contributed by atoms with Gasteiger partial charge in [-0.05, 0) is 30.3 Å². The van der Waals surface area contributed by atoms with E-state index < -0.39 is 29.2 Å². The molecule has 1 unspecified atom stereocenters. The zero-order chi connectivity index (χ0) is 22.1. The molecule has 31 heavy (non-hydrogen) atoms. The number of aliphatic carboxylic acids is 1. The fourth-order valence-corrected chi connectivity index (χ4v) is 3.11. The molecule has 0 saturated heterocycles. The Morgan fingerprint density at radius 2 is 2.03 bits per heavy atom. The van der Waals surface area contributed by atoms with Crippen molar-refractivity contribution in [2.45, 2.75) is 12.6 Å². The molecule has 1 atom stereocenters. The van der Waals surface area contributed by atoms with Crippen LogP contribution in [0.3, 0.4) is 0 Å². The first-order chi connectivity index (χ1) is 14.9. The number of ether oxygens (including phenoxy) is 1. The van der Waals surface area contributed by atoms with Crippen LogP contribution in [0.25, 0.3) is 22.2 Å². The highest BCUT2D eigenvalue weighted by atomic mass is 16.5. The minimum absolute atomic E-state index is 0.107. The lowest BCUT2D eigenvalue weighted by atomic mass is 10.0. The molecule has 158 valence electrons. The number of carbonyl (C=O) groups excluding carboxylic acids is 1. The van der Waals surface area contributed by atoms with Crippen molar-refractivity contribution in [2.75, 3.05) is 7.11 Å². The number of pyridine rings is 1. The average Bonchev–Trinajstić information content (AvgIpc) is 3.45. The molecule has 3 heterocycles. The Labute approximate surface area is 174 Å². The molecule has 4 aromatic rings. The predicted molar refractivity (Wildman–Crippen MR) is 107 cm³/mol. The van der Waals surface area contributed by atoms with E-state index in [1.165, 1.54) is 0 Å². The van der Waals surface area contributed by atoms with E-state index >= 15 is 0 Å². The highest BCUT2D eigenvalue weighted by Crippen LogP contribution is 2.37. The van der Waals surface area contributed by atoms with Crippen LogP contribution in [0.5, 0.6) is 11.5 Å². The third-order valence-corrected chi connectivity index (χ3v) is 4.68. The Bertz CT molecular complexity index is 1260. The summed E-state index contributed by atoms with van der Waals surface area (Å²) in [6.07, 6.45) is 3.26. The number of carboxylic acids is 1. The molecule has 0 aliphatic rings. The molecule has 1 aromatic carbocycles. The van der Waals surface area contributed by atoms with Gasteiger partial charge in [0.05, 0.1) is 24.7 Å². The molecule has 0 bridgehead atoms. The summed E-state index contributed by atoms with van der Waals surface area (Å²) >= 11 is 0. The van der Waals surface area contributed by atoms with E-state index in [0.717, 1.165) is 0 Å². The van der Waals surface area contributed by atoms with E-state index in [4.69, 9.17) is 20.1 Å². The molecular weight excluding hydrogens is 406 g/mol. The maximum Gasteiger partial charge on any atom is 0.328 e.